The first-order valence-electron chi connectivity index (χ1n) is 5.41. The van der Waals surface area contributed by atoms with Gasteiger partial charge in [0.2, 0.25) is 0 Å². The van der Waals surface area contributed by atoms with Gasteiger partial charge in [-0.2, -0.15) is 0 Å². The fourth-order valence-corrected chi connectivity index (χ4v) is 3.38. The topological polar surface area (TPSA) is 40.5 Å². The molecule has 4 heteroatoms. The van der Waals surface area contributed by atoms with Crippen LogP contribution in [0.1, 0.15) is 26.7 Å². The third-order valence-corrected chi connectivity index (χ3v) is 8.26. The van der Waals surface area contributed by atoms with Gasteiger partial charge in [0.05, 0.1) is 6.10 Å². The molecular formula is C11H21IO2Si. The first-order chi connectivity index (χ1) is 6.63. The lowest BCUT2D eigenvalue weighted by atomic mass is 9.95. The molecule has 2 atom stereocenters. The first kappa shape index (κ1) is 13.7. The highest BCUT2D eigenvalue weighted by molar-refractivity contribution is 14.1. The summed E-state index contributed by atoms with van der Waals surface area (Å²) in [4.78, 5) is 10.2. The van der Waals surface area contributed by atoms with Gasteiger partial charge in [-0.15, -0.1) is 0 Å². The van der Waals surface area contributed by atoms with Crippen LogP contribution in [0.4, 0.5) is 0 Å². The van der Waals surface area contributed by atoms with Crippen LogP contribution in [0, 0.1) is 5.92 Å². The number of halogens is 1. The summed E-state index contributed by atoms with van der Waals surface area (Å²) in [7, 11) is -2.11. The van der Waals surface area contributed by atoms with Crippen molar-refractivity contribution >= 4 is 30.9 Å². The molecule has 88 valence electrons. The molecule has 0 amide bonds. The van der Waals surface area contributed by atoms with Crippen molar-refractivity contribution in [3.63, 3.8) is 0 Å². The van der Waals surface area contributed by atoms with Gasteiger partial charge in [-0.1, -0.05) is 19.9 Å². The maximum Gasteiger partial charge on any atom is 0.188 e. The summed E-state index contributed by atoms with van der Waals surface area (Å²) in [6.07, 6.45) is 3.70. The lowest BCUT2D eigenvalue weighted by Crippen LogP contribution is -2.40. The molecule has 0 aliphatic heterocycles. The van der Waals surface area contributed by atoms with E-state index in [4.69, 9.17) is 0 Å². The van der Waals surface area contributed by atoms with E-state index in [2.05, 4.69) is 42.5 Å². The van der Waals surface area contributed by atoms with Crippen LogP contribution in [-0.4, -0.2) is 24.3 Å². The van der Waals surface area contributed by atoms with Crippen molar-refractivity contribution in [3.05, 3.63) is 9.66 Å². The van der Waals surface area contributed by atoms with Gasteiger partial charge >= 0.3 is 0 Å². The van der Waals surface area contributed by atoms with Crippen molar-refractivity contribution in [1.82, 2.24) is 0 Å². The van der Waals surface area contributed by atoms with Crippen molar-refractivity contribution < 1.29 is 9.90 Å². The highest BCUT2D eigenvalue weighted by atomic mass is 127. The second-order valence-corrected chi connectivity index (χ2v) is 11.4. The van der Waals surface area contributed by atoms with E-state index < -0.39 is 8.32 Å². The van der Waals surface area contributed by atoms with Gasteiger partial charge in [0.1, 0.15) is 0 Å². The molecule has 0 aromatic rings. The van der Waals surface area contributed by atoms with Gasteiger partial charge in [0.15, 0.2) is 8.32 Å². The first-order valence-corrected chi connectivity index (χ1v) is 9.44. The Morgan fingerprint density at radius 1 is 1.53 bits per heavy atom. The third kappa shape index (κ3) is 3.28. The smallest absolute Gasteiger partial charge is 0.188 e. The Morgan fingerprint density at radius 2 is 2.07 bits per heavy atom. The molecule has 0 spiro atoms. The molecule has 0 saturated heterocycles. The maximum atomic E-state index is 10.2. The Hall–Kier alpha value is 0.607. The molecule has 0 heterocycles. The van der Waals surface area contributed by atoms with E-state index in [1.807, 2.05) is 13.1 Å². The van der Waals surface area contributed by atoms with Crippen LogP contribution in [0.2, 0.25) is 18.1 Å². The Bertz CT molecular complexity index is 268. The van der Waals surface area contributed by atoms with Crippen LogP contribution in [0.3, 0.4) is 0 Å². The minimum absolute atomic E-state index is 0.00907. The summed E-state index contributed by atoms with van der Waals surface area (Å²) >= 11 is 2.21. The van der Waals surface area contributed by atoms with Crippen LogP contribution in [0.15, 0.2) is 9.66 Å². The van der Waals surface area contributed by atoms with Gasteiger partial charge in [-0.05, 0) is 59.5 Å². The standard InChI is InChI=1S/C11H21IO2Si/c1-11(2,15(3,4)14)7-8-5-9(12)10(13)6-8/h5,8,10,13-14H,6-7H2,1-4H3/t8-,10-/m1/s1. The molecule has 0 fully saturated rings. The fourth-order valence-electron chi connectivity index (χ4n) is 1.85. The Kier molecular flexibility index (Phi) is 4.07. The van der Waals surface area contributed by atoms with E-state index in [0.29, 0.717) is 5.92 Å². The van der Waals surface area contributed by atoms with Crippen LogP contribution in [0.5, 0.6) is 0 Å². The summed E-state index contributed by atoms with van der Waals surface area (Å²) < 4.78 is 1.06. The predicted molar refractivity (Wildman–Crippen MR) is 74.6 cm³/mol. The Labute approximate surface area is 107 Å². The molecule has 2 N–H and O–H groups in total. The third-order valence-electron chi connectivity index (χ3n) is 3.67. The normalized spacial score (nSPS) is 28.1. The number of aliphatic hydroxyl groups is 1. The number of rotatable bonds is 3. The summed E-state index contributed by atoms with van der Waals surface area (Å²) in [5, 5.41) is 9.65. The lowest BCUT2D eigenvalue weighted by molar-refractivity contribution is 0.203. The summed E-state index contributed by atoms with van der Waals surface area (Å²) in [6, 6.07) is 0. The van der Waals surface area contributed by atoms with E-state index in [-0.39, 0.29) is 11.1 Å². The highest BCUT2D eigenvalue weighted by Crippen LogP contribution is 2.45. The minimum Gasteiger partial charge on any atom is -0.432 e. The highest BCUT2D eigenvalue weighted by Gasteiger charge is 2.40. The molecule has 0 aromatic carbocycles. The van der Waals surface area contributed by atoms with Gasteiger partial charge in [-0.25, -0.2) is 0 Å². The predicted octanol–water partition coefficient (Wildman–Crippen LogP) is 3.05. The molecule has 0 radical (unpaired) electrons. The second-order valence-electron chi connectivity index (χ2n) is 5.71. The molecule has 0 saturated carbocycles. The number of hydrogen-bond donors (Lipinski definition) is 2. The molecule has 0 aromatic heterocycles. The van der Waals surface area contributed by atoms with Gasteiger partial charge < -0.3 is 9.90 Å². The zero-order chi connectivity index (χ0) is 11.9. The molecule has 0 bridgehead atoms. The zero-order valence-electron chi connectivity index (χ0n) is 9.92. The Morgan fingerprint density at radius 3 is 2.40 bits per heavy atom. The second kappa shape index (κ2) is 4.47. The quantitative estimate of drug-likeness (QED) is 0.612. The van der Waals surface area contributed by atoms with Crippen LogP contribution >= 0.6 is 22.6 Å². The maximum absolute atomic E-state index is 10.2. The van der Waals surface area contributed by atoms with Crippen molar-refractivity contribution in [2.45, 2.75) is 50.9 Å². The Balaban J connectivity index is 2.65. The largest absolute Gasteiger partial charge is 0.432 e. The average Bonchev–Trinajstić information content (AvgIpc) is 2.27. The molecule has 1 aliphatic carbocycles. The number of allylic oxidation sites excluding steroid dienone is 1. The summed E-state index contributed by atoms with van der Waals surface area (Å²) in [5.41, 5.74) is 0. The van der Waals surface area contributed by atoms with Gasteiger partial charge in [-0.3, -0.25) is 0 Å². The van der Waals surface area contributed by atoms with Crippen molar-refractivity contribution in [3.8, 4) is 0 Å². The van der Waals surface area contributed by atoms with E-state index in [9.17, 15) is 9.90 Å². The molecule has 15 heavy (non-hydrogen) atoms. The lowest BCUT2D eigenvalue weighted by Gasteiger charge is -2.36. The van der Waals surface area contributed by atoms with Crippen LogP contribution in [-0.2, 0) is 0 Å². The number of hydrogen-bond acceptors (Lipinski definition) is 2. The van der Waals surface area contributed by atoms with Gasteiger partial charge in [0, 0.05) is 3.58 Å². The SMILES string of the molecule is CC(C)(C[C@@H]1C=C(I)[C@H](O)C1)[Si](C)(C)O. The van der Waals surface area contributed by atoms with E-state index in [0.717, 1.165) is 16.4 Å². The number of aliphatic hydroxyl groups excluding tert-OH is 1. The monoisotopic (exact) mass is 340 g/mol. The molecule has 1 aliphatic rings. The van der Waals surface area contributed by atoms with Crippen LogP contribution in [0.25, 0.3) is 0 Å². The average molecular weight is 340 g/mol. The van der Waals surface area contributed by atoms with Crippen molar-refractivity contribution in [2.75, 3.05) is 0 Å². The van der Waals surface area contributed by atoms with Gasteiger partial charge in [0.25, 0.3) is 0 Å². The van der Waals surface area contributed by atoms with E-state index in [1.54, 1.807) is 0 Å². The summed E-state index contributed by atoms with van der Waals surface area (Å²) in [6.45, 7) is 8.27. The van der Waals surface area contributed by atoms with E-state index in [1.165, 1.54) is 0 Å². The van der Waals surface area contributed by atoms with Crippen molar-refractivity contribution in [1.29, 1.82) is 0 Å². The fraction of sp³-hybridized carbons (Fsp3) is 0.818. The molecular weight excluding hydrogens is 319 g/mol. The van der Waals surface area contributed by atoms with E-state index >= 15 is 0 Å². The minimum atomic E-state index is -2.11. The molecule has 2 nitrogen and oxygen atoms in total. The molecule has 0 unspecified atom stereocenters. The van der Waals surface area contributed by atoms with Crippen LogP contribution < -0.4 is 0 Å². The zero-order valence-corrected chi connectivity index (χ0v) is 13.1. The van der Waals surface area contributed by atoms with Crippen molar-refractivity contribution in [2.24, 2.45) is 5.92 Å². The summed E-state index contributed by atoms with van der Waals surface area (Å²) in [5.74, 6) is 0.431. The molecule has 1 rings (SSSR count).